The Hall–Kier alpha value is -1.81. The van der Waals surface area contributed by atoms with Crippen LogP contribution in [-0.4, -0.2) is 28.5 Å². The molecule has 2 aromatic rings. The largest absolute Gasteiger partial charge is 0.381 e. The summed E-state index contributed by atoms with van der Waals surface area (Å²) in [6.45, 7) is 1.78. The van der Waals surface area contributed by atoms with Crippen LogP contribution < -0.4 is 5.32 Å². The third kappa shape index (κ3) is 2.04. The highest BCUT2D eigenvalue weighted by molar-refractivity contribution is 5.49. The second-order valence-corrected chi connectivity index (χ2v) is 7.36. The van der Waals surface area contributed by atoms with Crippen LogP contribution in [0.15, 0.2) is 42.7 Å². The maximum absolute atomic E-state index is 6.02. The quantitative estimate of drug-likeness (QED) is 0.942. The molecule has 2 aliphatic carbocycles. The summed E-state index contributed by atoms with van der Waals surface area (Å²) in [6, 6.07) is 11.4. The lowest BCUT2D eigenvalue weighted by molar-refractivity contribution is -0.158. The highest BCUT2D eigenvalue weighted by atomic mass is 16.5. The van der Waals surface area contributed by atoms with Crippen LogP contribution >= 0.6 is 0 Å². The fourth-order valence-corrected chi connectivity index (χ4v) is 4.98. The molecule has 3 atom stereocenters. The van der Waals surface area contributed by atoms with E-state index < -0.39 is 0 Å². The molecule has 1 N–H and O–H groups in total. The number of hydrogen-bond donors (Lipinski definition) is 1. The molecule has 2 heterocycles. The van der Waals surface area contributed by atoms with E-state index in [9.17, 15) is 0 Å². The Balaban J connectivity index is 1.34. The van der Waals surface area contributed by atoms with Crippen LogP contribution in [0.25, 0.3) is 0 Å². The van der Waals surface area contributed by atoms with E-state index in [1.807, 2.05) is 23.1 Å². The summed E-state index contributed by atoms with van der Waals surface area (Å²) >= 11 is 0. The fraction of sp³-hybridized carbons (Fsp3) is 0.526. The number of nitrogens with one attached hydrogen (secondary N) is 1. The van der Waals surface area contributed by atoms with Gasteiger partial charge in [-0.15, -0.1) is 0 Å². The molecule has 0 bridgehead atoms. The number of rotatable bonds is 4. The summed E-state index contributed by atoms with van der Waals surface area (Å²) in [7, 11) is 0. The molecule has 1 aromatic carbocycles. The van der Waals surface area contributed by atoms with E-state index in [4.69, 9.17) is 4.74 Å². The second kappa shape index (κ2) is 5.10. The highest BCUT2D eigenvalue weighted by Gasteiger charge is 2.66. The molecule has 4 nitrogen and oxygen atoms in total. The Morgan fingerprint density at radius 3 is 3.04 bits per heavy atom. The molecule has 1 aromatic heterocycles. The van der Waals surface area contributed by atoms with Crippen LogP contribution in [-0.2, 0) is 11.3 Å². The first-order chi connectivity index (χ1) is 11.4. The number of anilines is 1. The third-order valence-electron chi connectivity index (χ3n) is 6.19. The molecule has 1 saturated heterocycles. The molecular weight excluding hydrogens is 286 g/mol. The number of nitrogens with zero attached hydrogens (tertiary/aromatic N) is 2. The number of aromatic nitrogens is 2. The molecule has 1 aliphatic heterocycles. The summed E-state index contributed by atoms with van der Waals surface area (Å²) in [5.74, 6) is 0.713. The van der Waals surface area contributed by atoms with Crippen LogP contribution in [0.1, 0.15) is 31.2 Å². The smallest absolute Gasteiger partial charge is 0.0699 e. The van der Waals surface area contributed by atoms with Crippen LogP contribution in [0.3, 0.4) is 0 Å². The SMILES string of the molecule is c1cc(Cn2cccn2)cc(N[C@@H]2[C@@H]3CCO[C@H]3C23CCC3)c1. The van der Waals surface area contributed by atoms with Crippen LogP contribution in [0.2, 0.25) is 0 Å². The van der Waals surface area contributed by atoms with Gasteiger partial charge in [0.1, 0.15) is 0 Å². The van der Waals surface area contributed by atoms with E-state index in [0.717, 1.165) is 13.2 Å². The van der Waals surface area contributed by atoms with Gasteiger partial charge in [0.15, 0.2) is 0 Å². The summed E-state index contributed by atoms with van der Waals surface area (Å²) in [5, 5.41) is 8.15. The van der Waals surface area contributed by atoms with Gasteiger partial charge in [-0.3, -0.25) is 4.68 Å². The Morgan fingerprint density at radius 2 is 2.26 bits per heavy atom. The van der Waals surface area contributed by atoms with Crippen LogP contribution in [0, 0.1) is 11.3 Å². The van der Waals surface area contributed by atoms with Crippen molar-refractivity contribution in [1.29, 1.82) is 0 Å². The summed E-state index contributed by atoms with van der Waals surface area (Å²) in [6.07, 6.45) is 9.62. The zero-order valence-electron chi connectivity index (χ0n) is 13.3. The zero-order valence-corrected chi connectivity index (χ0v) is 13.3. The minimum atomic E-state index is 0.430. The van der Waals surface area contributed by atoms with E-state index in [2.05, 4.69) is 34.7 Å². The van der Waals surface area contributed by atoms with Crippen LogP contribution in [0.5, 0.6) is 0 Å². The van der Waals surface area contributed by atoms with Gasteiger partial charge in [-0.1, -0.05) is 18.6 Å². The summed E-state index contributed by atoms with van der Waals surface area (Å²) in [5.41, 5.74) is 2.97. The van der Waals surface area contributed by atoms with Crippen molar-refractivity contribution in [1.82, 2.24) is 9.78 Å². The molecule has 4 heteroatoms. The van der Waals surface area contributed by atoms with Crippen molar-refractivity contribution in [3.05, 3.63) is 48.3 Å². The monoisotopic (exact) mass is 309 g/mol. The van der Waals surface area contributed by atoms with E-state index in [-0.39, 0.29) is 0 Å². The fourth-order valence-electron chi connectivity index (χ4n) is 4.98. The third-order valence-corrected chi connectivity index (χ3v) is 6.19. The first kappa shape index (κ1) is 13.6. The second-order valence-electron chi connectivity index (χ2n) is 7.36. The van der Waals surface area contributed by atoms with E-state index in [0.29, 0.717) is 23.5 Å². The van der Waals surface area contributed by atoms with E-state index >= 15 is 0 Å². The minimum Gasteiger partial charge on any atom is -0.381 e. The Bertz CT molecular complexity index is 692. The Labute approximate surface area is 136 Å². The van der Waals surface area contributed by atoms with Gasteiger partial charge in [0.25, 0.3) is 0 Å². The number of hydrogen-bond acceptors (Lipinski definition) is 3. The van der Waals surface area contributed by atoms with Gasteiger partial charge in [0, 0.05) is 42.1 Å². The minimum absolute atomic E-state index is 0.430. The van der Waals surface area contributed by atoms with Crippen LogP contribution in [0.4, 0.5) is 5.69 Å². The normalized spacial score (nSPS) is 30.5. The van der Waals surface area contributed by atoms with Gasteiger partial charge in [-0.25, -0.2) is 0 Å². The predicted octanol–water partition coefficient (Wildman–Crippen LogP) is 3.30. The lowest BCUT2D eigenvalue weighted by Crippen LogP contribution is -2.68. The predicted molar refractivity (Wildman–Crippen MR) is 89.3 cm³/mol. The molecule has 3 fully saturated rings. The zero-order chi connectivity index (χ0) is 15.3. The average Bonchev–Trinajstić information content (AvgIpc) is 3.14. The highest BCUT2D eigenvalue weighted by Crippen LogP contribution is 2.63. The number of fused-ring (bicyclic) bond motifs is 2. The maximum Gasteiger partial charge on any atom is 0.0699 e. The van der Waals surface area contributed by atoms with Gasteiger partial charge in [-0.2, -0.15) is 5.10 Å². The molecule has 0 amide bonds. The topological polar surface area (TPSA) is 39.1 Å². The number of benzene rings is 1. The van der Waals surface area contributed by atoms with Gasteiger partial charge in [0.2, 0.25) is 0 Å². The Morgan fingerprint density at radius 1 is 1.30 bits per heavy atom. The van der Waals surface area contributed by atoms with Crippen molar-refractivity contribution in [3.8, 4) is 0 Å². The van der Waals surface area contributed by atoms with Gasteiger partial charge in [0.05, 0.1) is 12.6 Å². The molecule has 3 aliphatic rings. The van der Waals surface area contributed by atoms with Gasteiger partial charge < -0.3 is 10.1 Å². The molecule has 120 valence electrons. The summed E-state index contributed by atoms with van der Waals surface area (Å²) < 4.78 is 7.99. The molecular formula is C19H23N3O. The van der Waals surface area contributed by atoms with Crippen molar-refractivity contribution in [2.24, 2.45) is 11.3 Å². The summed E-state index contributed by atoms with van der Waals surface area (Å²) in [4.78, 5) is 0. The molecule has 2 saturated carbocycles. The van der Waals surface area contributed by atoms with Crippen molar-refractivity contribution in [3.63, 3.8) is 0 Å². The van der Waals surface area contributed by atoms with E-state index in [1.54, 1.807) is 0 Å². The molecule has 0 unspecified atom stereocenters. The molecule has 0 radical (unpaired) electrons. The van der Waals surface area contributed by atoms with Gasteiger partial charge in [-0.05, 0) is 43.0 Å². The number of ether oxygens (including phenoxy) is 1. The van der Waals surface area contributed by atoms with Crippen molar-refractivity contribution in [2.45, 2.75) is 44.4 Å². The van der Waals surface area contributed by atoms with E-state index in [1.165, 1.54) is 36.9 Å². The first-order valence-corrected chi connectivity index (χ1v) is 8.80. The molecule has 5 rings (SSSR count). The Kier molecular flexibility index (Phi) is 3.02. The van der Waals surface area contributed by atoms with Crippen molar-refractivity contribution < 1.29 is 4.74 Å². The van der Waals surface area contributed by atoms with Crippen molar-refractivity contribution in [2.75, 3.05) is 11.9 Å². The lowest BCUT2D eigenvalue weighted by atomic mass is 9.46. The maximum atomic E-state index is 6.02. The van der Waals surface area contributed by atoms with Crippen molar-refractivity contribution >= 4 is 5.69 Å². The first-order valence-electron chi connectivity index (χ1n) is 8.80. The standard InChI is InChI=1S/C19H23N3O/c1-4-14(13-22-10-3-9-20-22)12-15(5-1)21-17-16-6-11-23-18(16)19(17)7-2-8-19/h1,3-5,9-10,12,16-18,21H,2,6-8,11,13H2/t16-,17+,18+/m0/s1. The average molecular weight is 309 g/mol. The molecule has 23 heavy (non-hydrogen) atoms. The lowest BCUT2D eigenvalue weighted by Gasteiger charge is -2.63. The van der Waals surface area contributed by atoms with Gasteiger partial charge >= 0.3 is 0 Å². The molecule has 1 spiro atoms.